The summed E-state index contributed by atoms with van der Waals surface area (Å²) in [6.07, 6.45) is 1.44. The molecule has 0 bridgehead atoms. The van der Waals surface area contributed by atoms with Crippen LogP contribution in [0.3, 0.4) is 0 Å². The molecule has 21 heavy (non-hydrogen) atoms. The van der Waals surface area contributed by atoms with E-state index in [1.807, 2.05) is 13.8 Å². The summed E-state index contributed by atoms with van der Waals surface area (Å²) in [5.41, 5.74) is 6.24. The summed E-state index contributed by atoms with van der Waals surface area (Å²) in [6, 6.07) is 7.09. The maximum absolute atomic E-state index is 11.8. The van der Waals surface area contributed by atoms with E-state index in [2.05, 4.69) is 6.07 Å². The Hall–Kier alpha value is -2.22. The van der Waals surface area contributed by atoms with Crippen LogP contribution in [0.25, 0.3) is 0 Å². The van der Waals surface area contributed by atoms with Crippen molar-refractivity contribution in [2.24, 2.45) is 5.41 Å². The number of anilines is 1. The Labute approximate surface area is 125 Å². The van der Waals surface area contributed by atoms with Crippen molar-refractivity contribution in [3.05, 3.63) is 23.8 Å². The molecule has 5 nitrogen and oxygen atoms in total. The third-order valence-electron chi connectivity index (χ3n) is 3.01. The van der Waals surface area contributed by atoms with E-state index in [0.717, 1.165) is 12.8 Å². The molecule has 0 amide bonds. The minimum atomic E-state index is -0.426. The first-order chi connectivity index (χ1) is 9.89. The largest absolute Gasteiger partial charge is 0.493 e. The first kappa shape index (κ1) is 16.8. The zero-order valence-electron chi connectivity index (χ0n) is 12.8. The van der Waals surface area contributed by atoms with Crippen molar-refractivity contribution in [1.29, 1.82) is 5.26 Å². The first-order valence-electron chi connectivity index (χ1n) is 7.00. The van der Waals surface area contributed by atoms with Crippen molar-refractivity contribution < 1.29 is 14.3 Å². The molecule has 0 aromatic heterocycles. The van der Waals surface area contributed by atoms with Crippen LogP contribution in [-0.2, 0) is 4.74 Å². The summed E-state index contributed by atoms with van der Waals surface area (Å²) < 4.78 is 10.6. The van der Waals surface area contributed by atoms with E-state index in [9.17, 15) is 4.79 Å². The van der Waals surface area contributed by atoms with E-state index < -0.39 is 5.97 Å². The zero-order valence-corrected chi connectivity index (χ0v) is 12.8. The van der Waals surface area contributed by atoms with Crippen LogP contribution < -0.4 is 10.5 Å². The van der Waals surface area contributed by atoms with Crippen LogP contribution in [0.1, 0.15) is 44.0 Å². The minimum Gasteiger partial charge on any atom is -0.493 e. The molecule has 0 radical (unpaired) electrons. The number of hydrogen-bond donors (Lipinski definition) is 1. The second-order valence-corrected chi connectivity index (χ2v) is 5.42. The lowest BCUT2D eigenvalue weighted by atomic mass is 9.90. The van der Waals surface area contributed by atoms with E-state index in [1.54, 1.807) is 25.1 Å². The Kier molecular flexibility index (Phi) is 6.04. The summed E-state index contributed by atoms with van der Waals surface area (Å²) in [5.74, 6) is -0.00642. The highest BCUT2D eigenvalue weighted by Gasteiger charge is 2.17. The number of nitrogen functional groups attached to an aromatic ring is 1. The Morgan fingerprint density at radius 3 is 2.76 bits per heavy atom. The van der Waals surface area contributed by atoms with Crippen LogP contribution in [0.5, 0.6) is 5.75 Å². The van der Waals surface area contributed by atoms with Crippen LogP contribution >= 0.6 is 0 Å². The van der Waals surface area contributed by atoms with E-state index in [-0.39, 0.29) is 5.41 Å². The Bertz CT molecular complexity index is 533. The Morgan fingerprint density at radius 2 is 2.14 bits per heavy atom. The third kappa shape index (κ3) is 5.35. The molecule has 114 valence electrons. The monoisotopic (exact) mass is 290 g/mol. The number of esters is 1. The number of rotatable bonds is 7. The number of hydrogen-bond acceptors (Lipinski definition) is 5. The van der Waals surface area contributed by atoms with Crippen LogP contribution in [0, 0.1) is 16.7 Å². The van der Waals surface area contributed by atoms with Crippen molar-refractivity contribution in [2.75, 3.05) is 18.9 Å². The van der Waals surface area contributed by atoms with Crippen LogP contribution in [0.15, 0.2) is 18.2 Å². The van der Waals surface area contributed by atoms with Crippen LogP contribution in [0.2, 0.25) is 0 Å². The number of carbonyl (C=O) groups is 1. The normalized spacial score (nSPS) is 10.8. The Balaban J connectivity index is 2.68. The number of carbonyl (C=O) groups excluding carboxylic acids is 1. The molecule has 5 heteroatoms. The molecule has 1 aromatic rings. The quantitative estimate of drug-likeness (QED) is 0.473. The van der Waals surface area contributed by atoms with Gasteiger partial charge in [0.05, 0.1) is 24.7 Å². The van der Waals surface area contributed by atoms with Gasteiger partial charge in [0.25, 0.3) is 0 Å². The molecule has 0 aliphatic rings. The standard InChI is InChI=1S/C16H22N2O3/c1-4-20-15(19)13-7-6-12(18)10-14(13)21-9-5-8-16(2,3)11-17/h6-7,10H,4-5,8-9,18H2,1-3H3. The number of nitriles is 1. The maximum Gasteiger partial charge on any atom is 0.341 e. The highest BCUT2D eigenvalue weighted by atomic mass is 16.5. The molecule has 0 heterocycles. The molecule has 0 saturated carbocycles. The molecule has 0 aliphatic heterocycles. The number of benzene rings is 1. The number of nitrogens with zero attached hydrogens (tertiary/aromatic N) is 1. The second-order valence-electron chi connectivity index (χ2n) is 5.42. The molecular weight excluding hydrogens is 268 g/mol. The van der Waals surface area contributed by atoms with Gasteiger partial charge in [-0.15, -0.1) is 0 Å². The molecule has 2 N–H and O–H groups in total. The number of ether oxygens (including phenoxy) is 2. The maximum atomic E-state index is 11.8. The summed E-state index contributed by atoms with van der Waals surface area (Å²) >= 11 is 0. The number of nitrogens with two attached hydrogens (primary N) is 1. The fourth-order valence-corrected chi connectivity index (χ4v) is 1.79. The minimum absolute atomic E-state index is 0.305. The summed E-state index contributed by atoms with van der Waals surface area (Å²) in [5, 5.41) is 8.95. The lowest BCUT2D eigenvalue weighted by molar-refractivity contribution is 0.0521. The van der Waals surface area contributed by atoms with Gasteiger partial charge in [0.15, 0.2) is 0 Å². The smallest absolute Gasteiger partial charge is 0.341 e. The van der Waals surface area contributed by atoms with E-state index in [0.29, 0.717) is 30.2 Å². The lowest BCUT2D eigenvalue weighted by Crippen LogP contribution is -2.12. The Morgan fingerprint density at radius 1 is 1.43 bits per heavy atom. The average Bonchev–Trinajstić information content (AvgIpc) is 2.44. The predicted octanol–water partition coefficient (Wildman–Crippen LogP) is 3.15. The van der Waals surface area contributed by atoms with Crippen LogP contribution in [-0.4, -0.2) is 19.2 Å². The molecule has 0 spiro atoms. The molecule has 0 unspecified atom stereocenters. The zero-order chi connectivity index (χ0) is 15.9. The highest BCUT2D eigenvalue weighted by Crippen LogP contribution is 2.25. The topological polar surface area (TPSA) is 85.3 Å². The molecule has 1 rings (SSSR count). The van der Waals surface area contributed by atoms with Gasteiger partial charge in [-0.3, -0.25) is 0 Å². The fourth-order valence-electron chi connectivity index (χ4n) is 1.79. The second kappa shape index (κ2) is 7.53. The summed E-state index contributed by atoms with van der Waals surface area (Å²) in [6.45, 7) is 6.24. The van der Waals surface area contributed by atoms with E-state index >= 15 is 0 Å². The van der Waals surface area contributed by atoms with Gasteiger partial charge in [0.2, 0.25) is 0 Å². The van der Waals surface area contributed by atoms with E-state index in [4.69, 9.17) is 20.5 Å². The van der Waals surface area contributed by atoms with Crippen LogP contribution in [0.4, 0.5) is 5.69 Å². The predicted molar refractivity (Wildman–Crippen MR) is 80.9 cm³/mol. The van der Waals surface area contributed by atoms with Crippen molar-refractivity contribution in [3.8, 4) is 11.8 Å². The van der Waals surface area contributed by atoms with Gasteiger partial charge in [0, 0.05) is 11.8 Å². The molecule has 0 fully saturated rings. The third-order valence-corrected chi connectivity index (χ3v) is 3.01. The van der Waals surface area contributed by atoms with E-state index in [1.165, 1.54) is 0 Å². The van der Waals surface area contributed by atoms with Crippen molar-refractivity contribution in [1.82, 2.24) is 0 Å². The van der Waals surface area contributed by atoms with Crippen molar-refractivity contribution in [2.45, 2.75) is 33.6 Å². The van der Waals surface area contributed by atoms with Gasteiger partial charge in [-0.2, -0.15) is 5.26 Å². The van der Waals surface area contributed by atoms with Gasteiger partial charge in [-0.1, -0.05) is 0 Å². The SMILES string of the molecule is CCOC(=O)c1ccc(N)cc1OCCCC(C)(C)C#N. The average molecular weight is 290 g/mol. The molecule has 0 atom stereocenters. The fraction of sp³-hybridized carbons (Fsp3) is 0.500. The van der Waals surface area contributed by atoms with Gasteiger partial charge < -0.3 is 15.2 Å². The summed E-state index contributed by atoms with van der Waals surface area (Å²) in [7, 11) is 0. The first-order valence-corrected chi connectivity index (χ1v) is 7.00. The molecule has 0 aliphatic carbocycles. The van der Waals surface area contributed by atoms with Crippen molar-refractivity contribution >= 4 is 11.7 Å². The van der Waals surface area contributed by atoms with Gasteiger partial charge in [-0.05, 0) is 45.7 Å². The van der Waals surface area contributed by atoms with Gasteiger partial charge >= 0.3 is 5.97 Å². The van der Waals surface area contributed by atoms with Gasteiger partial charge in [-0.25, -0.2) is 4.79 Å². The molecule has 0 saturated heterocycles. The van der Waals surface area contributed by atoms with Crippen molar-refractivity contribution in [3.63, 3.8) is 0 Å². The summed E-state index contributed by atoms with van der Waals surface area (Å²) in [4.78, 5) is 11.8. The van der Waals surface area contributed by atoms with Gasteiger partial charge in [0.1, 0.15) is 11.3 Å². The highest BCUT2D eigenvalue weighted by molar-refractivity contribution is 5.93. The molecule has 1 aromatic carbocycles. The molecular formula is C16H22N2O3. The lowest BCUT2D eigenvalue weighted by Gasteiger charge is -2.16.